The molecule has 0 saturated heterocycles. The lowest BCUT2D eigenvalue weighted by molar-refractivity contribution is -0.144. The Kier molecular flexibility index (Phi) is 6.36. The van der Waals surface area contributed by atoms with Crippen molar-refractivity contribution < 1.29 is 28.5 Å². The third kappa shape index (κ3) is 4.93. The Morgan fingerprint density at radius 1 is 1.19 bits per heavy atom. The summed E-state index contributed by atoms with van der Waals surface area (Å²) >= 11 is 0. The molecular formula is C20H27NO6. The summed E-state index contributed by atoms with van der Waals surface area (Å²) < 4.78 is 21.2. The van der Waals surface area contributed by atoms with Crippen LogP contribution in [0.1, 0.15) is 33.3 Å². The number of hydrogen-bond acceptors (Lipinski definition) is 6. The fourth-order valence-electron chi connectivity index (χ4n) is 2.76. The van der Waals surface area contributed by atoms with E-state index in [1.54, 1.807) is 40.0 Å². The van der Waals surface area contributed by atoms with Crippen LogP contribution in [0.5, 0.6) is 11.5 Å². The van der Waals surface area contributed by atoms with Gasteiger partial charge in [0.05, 0.1) is 27.4 Å². The summed E-state index contributed by atoms with van der Waals surface area (Å²) in [4.78, 5) is 26.1. The van der Waals surface area contributed by atoms with Crippen molar-refractivity contribution in [2.24, 2.45) is 0 Å². The normalized spacial score (nSPS) is 16.6. The molecule has 1 aromatic carbocycles. The van der Waals surface area contributed by atoms with E-state index in [-0.39, 0.29) is 6.54 Å². The number of methoxy groups -OCH3 is 2. The van der Waals surface area contributed by atoms with Gasteiger partial charge in [0.15, 0.2) is 17.5 Å². The van der Waals surface area contributed by atoms with E-state index in [2.05, 4.69) is 0 Å². The highest BCUT2D eigenvalue weighted by molar-refractivity contribution is 5.90. The van der Waals surface area contributed by atoms with Gasteiger partial charge in [0.1, 0.15) is 5.60 Å². The molecule has 1 unspecified atom stereocenters. The van der Waals surface area contributed by atoms with E-state index in [4.69, 9.17) is 18.9 Å². The average Bonchev–Trinajstić information content (AvgIpc) is 3.05. The van der Waals surface area contributed by atoms with E-state index < -0.39 is 23.7 Å². The van der Waals surface area contributed by atoms with Gasteiger partial charge in [-0.2, -0.15) is 0 Å². The quantitative estimate of drug-likeness (QED) is 0.733. The van der Waals surface area contributed by atoms with Crippen LogP contribution < -0.4 is 9.47 Å². The van der Waals surface area contributed by atoms with Crippen LogP contribution in [0.25, 0.3) is 5.57 Å². The molecule has 1 heterocycles. The molecule has 27 heavy (non-hydrogen) atoms. The number of amides is 1. The SMILES string of the molecule is CCOc1cc(C2=CC(C(=O)OC)N(C(=O)OC(C)(C)C)C2)ccc1OC. The van der Waals surface area contributed by atoms with Crippen molar-refractivity contribution in [3.8, 4) is 11.5 Å². The van der Waals surface area contributed by atoms with Crippen molar-refractivity contribution in [1.29, 1.82) is 0 Å². The van der Waals surface area contributed by atoms with Gasteiger partial charge in [-0.25, -0.2) is 9.59 Å². The third-order valence-corrected chi connectivity index (χ3v) is 3.94. The number of hydrogen-bond donors (Lipinski definition) is 0. The summed E-state index contributed by atoms with van der Waals surface area (Å²) in [5, 5.41) is 0. The van der Waals surface area contributed by atoms with Crippen LogP contribution >= 0.6 is 0 Å². The highest BCUT2D eigenvalue weighted by Crippen LogP contribution is 2.34. The molecule has 0 saturated carbocycles. The zero-order chi connectivity index (χ0) is 20.2. The highest BCUT2D eigenvalue weighted by atomic mass is 16.6. The molecule has 1 amide bonds. The van der Waals surface area contributed by atoms with Crippen LogP contribution in [-0.2, 0) is 14.3 Å². The van der Waals surface area contributed by atoms with Crippen LogP contribution in [-0.4, -0.2) is 56.0 Å². The predicted octanol–water partition coefficient (Wildman–Crippen LogP) is 3.27. The van der Waals surface area contributed by atoms with E-state index in [0.717, 1.165) is 11.1 Å². The number of nitrogens with zero attached hydrogens (tertiary/aromatic N) is 1. The summed E-state index contributed by atoms with van der Waals surface area (Å²) in [6.45, 7) is 7.94. The first-order valence-corrected chi connectivity index (χ1v) is 8.79. The standard InChI is InChI=1S/C20H27NO6/c1-7-26-17-11-13(8-9-16(17)24-5)14-10-15(18(22)25-6)21(12-14)19(23)27-20(2,3)4/h8-11,15H,7,12H2,1-6H3. The van der Waals surface area contributed by atoms with Gasteiger partial charge in [-0.3, -0.25) is 4.90 Å². The summed E-state index contributed by atoms with van der Waals surface area (Å²) in [7, 11) is 2.87. The molecule has 0 aliphatic carbocycles. The molecule has 1 aromatic rings. The minimum absolute atomic E-state index is 0.229. The fraction of sp³-hybridized carbons (Fsp3) is 0.500. The smallest absolute Gasteiger partial charge is 0.411 e. The van der Waals surface area contributed by atoms with E-state index >= 15 is 0 Å². The van der Waals surface area contributed by atoms with Crippen LogP contribution in [0, 0.1) is 0 Å². The lowest BCUT2D eigenvalue weighted by Crippen LogP contribution is -2.44. The largest absolute Gasteiger partial charge is 0.493 e. The zero-order valence-corrected chi connectivity index (χ0v) is 16.7. The van der Waals surface area contributed by atoms with Gasteiger partial charge < -0.3 is 18.9 Å². The van der Waals surface area contributed by atoms with Gasteiger partial charge in [0, 0.05) is 0 Å². The lowest BCUT2D eigenvalue weighted by Gasteiger charge is -2.27. The molecule has 0 spiro atoms. The maximum atomic E-state index is 12.6. The second kappa shape index (κ2) is 8.33. The Hall–Kier alpha value is -2.70. The van der Waals surface area contributed by atoms with E-state index in [9.17, 15) is 9.59 Å². The maximum Gasteiger partial charge on any atom is 0.411 e. The Balaban J connectivity index is 2.33. The molecular weight excluding hydrogens is 350 g/mol. The summed E-state index contributed by atoms with van der Waals surface area (Å²) in [6.07, 6.45) is 1.15. The molecule has 0 aromatic heterocycles. The van der Waals surface area contributed by atoms with Gasteiger partial charge in [-0.15, -0.1) is 0 Å². The third-order valence-electron chi connectivity index (χ3n) is 3.94. The Morgan fingerprint density at radius 3 is 2.44 bits per heavy atom. The molecule has 1 atom stereocenters. The molecule has 0 N–H and O–H groups in total. The molecule has 7 nitrogen and oxygen atoms in total. The first-order chi connectivity index (χ1) is 12.7. The number of ether oxygens (including phenoxy) is 4. The molecule has 0 radical (unpaired) electrons. The number of benzene rings is 1. The number of carbonyl (C=O) groups excluding carboxylic acids is 2. The number of rotatable bonds is 5. The van der Waals surface area contributed by atoms with Crippen molar-refractivity contribution >= 4 is 17.6 Å². The molecule has 2 rings (SSSR count). The van der Waals surface area contributed by atoms with Crippen molar-refractivity contribution in [1.82, 2.24) is 4.90 Å². The van der Waals surface area contributed by atoms with Crippen LogP contribution in [0.3, 0.4) is 0 Å². The highest BCUT2D eigenvalue weighted by Gasteiger charge is 2.37. The first-order valence-electron chi connectivity index (χ1n) is 8.79. The van der Waals surface area contributed by atoms with E-state index in [0.29, 0.717) is 18.1 Å². The lowest BCUT2D eigenvalue weighted by atomic mass is 10.1. The van der Waals surface area contributed by atoms with Crippen LogP contribution in [0.2, 0.25) is 0 Å². The Bertz CT molecular complexity index is 734. The van der Waals surface area contributed by atoms with Crippen molar-refractivity contribution in [3.63, 3.8) is 0 Å². The fourth-order valence-corrected chi connectivity index (χ4v) is 2.76. The van der Waals surface area contributed by atoms with Crippen LogP contribution in [0.15, 0.2) is 24.3 Å². The minimum Gasteiger partial charge on any atom is -0.493 e. The molecule has 0 fully saturated rings. The molecule has 0 bridgehead atoms. The molecule has 148 valence electrons. The Morgan fingerprint density at radius 2 is 1.89 bits per heavy atom. The minimum atomic E-state index is -0.836. The molecule has 1 aliphatic rings. The monoisotopic (exact) mass is 377 g/mol. The van der Waals surface area contributed by atoms with E-state index in [1.165, 1.54) is 12.0 Å². The maximum absolute atomic E-state index is 12.6. The Labute approximate surface area is 159 Å². The van der Waals surface area contributed by atoms with Crippen molar-refractivity contribution in [2.75, 3.05) is 27.4 Å². The topological polar surface area (TPSA) is 74.3 Å². The zero-order valence-electron chi connectivity index (χ0n) is 16.7. The van der Waals surface area contributed by atoms with Gasteiger partial charge in [0.25, 0.3) is 0 Å². The van der Waals surface area contributed by atoms with Crippen molar-refractivity contribution in [2.45, 2.75) is 39.3 Å². The second-order valence-corrected chi connectivity index (χ2v) is 7.07. The van der Waals surface area contributed by atoms with Crippen molar-refractivity contribution in [3.05, 3.63) is 29.8 Å². The molecule has 7 heteroatoms. The summed E-state index contributed by atoms with van der Waals surface area (Å²) in [6, 6.07) is 4.66. The summed E-state index contributed by atoms with van der Waals surface area (Å²) in [5.74, 6) is 0.700. The summed E-state index contributed by atoms with van der Waals surface area (Å²) in [5.41, 5.74) is 0.974. The number of esters is 1. The molecule has 1 aliphatic heterocycles. The van der Waals surface area contributed by atoms with Crippen LogP contribution in [0.4, 0.5) is 4.79 Å². The first kappa shape index (κ1) is 20.6. The van der Waals surface area contributed by atoms with Gasteiger partial charge in [0.2, 0.25) is 0 Å². The van der Waals surface area contributed by atoms with E-state index in [1.807, 2.05) is 19.1 Å². The predicted molar refractivity (Wildman–Crippen MR) is 101 cm³/mol. The van der Waals surface area contributed by atoms with Gasteiger partial charge in [-0.05, 0) is 57.0 Å². The average molecular weight is 377 g/mol. The van der Waals surface area contributed by atoms with Gasteiger partial charge in [-0.1, -0.05) is 6.07 Å². The second-order valence-electron chi connectivity index (χ2n) is 7.07. The number of carbonyl (C=O) groups is 2. The van der Waals surface area contributed by atoms with Gasteiger partial charge >= 0.3 is 12.1 Å².